The van der Waals surface area contributed by atoms with Gasteiger partial charge in [0.25, 0.3) is 10.0 Å². The van der Waals surface area contributed by atoms with Crippen LogP contribution in [-0.2, 0) is 10.0 Å². The van der Waals surface area contributed by atoms with Crippen molar-refractivity contribution >= 4 is 16.1 Å². The number of carbonyl (C=O) groups is 1. The minimum absolute atomic E-state index is 0.103. The average molecular weight is 414 g/mol. The second-order valence-electron chi connectivity index (χ2n) is 7.58. The fraction of sp³-hybridized carbons (Fsp3) is 0.238. The van der Waals surface area contributed by atoms with Crippen LogP contribution in [0.2, 0.25) is 0 Å². The second kappa shape index (κ2) is 7.36. The van der Waals surface area contributed by atoms with Crippen molar-refractivity contribution in [2.75, 3.05) is 0 Å². The van der Waals surface area contributed by atoms with E-state index in [1.807, 2.05) is 30.3 Å². The van der Waals surface area contributed by atoms with Crippen molar-refractivity contribution in [1.29, 1.82) is 0 Å². The molecular weight excluding hydrogens is 392 g/mol. The molecule has 0 aliphatic heterocycles. The number of amides is 1. The number of hydrogen-bond donors (Lipinski definition) is 1. The predicted molar refractivity (Wildman–Crippen MR) is 109 cm³/mol. The Kier molecular flexibility index (Phi) is 5.23. The van der Waals surface area contributed by atoms with E-state index in [1.165, 1.54) is 32.9 Å². The lowest BCUT2D eigenvalue weighted by atomic mass is 10.00. The van der Waals surface area contributed by atoms with E-state index >= 15 is 0 Å². The van der Waals surface area contributed by atoms with Gasteiger partial charge in [-0.25, -0.2) is 13.2 Å². The molecule has 0 spiro atoms. The van der Waals surface area contributed by atoms with Crippen molar-refractivity contribution in [1.82, 2.24) is 9.46 Å². The van der Waals surface area contributed by atoms with Gasteiger partial charge in [-0.2, -0.15) is 4.31 Å². The largest absolute Gasteiger partial charge is 0.464 e. The van der Waals surface area contributed by atoms with Gasteiger partial charge < -0.3 is 9.63 Å². The van der Waals surface area contributed by atoms with Crippen molar-refractivity contribution in [2.24, 2.45) is 0 Å². The molecule has 8 heteroatoms. The number of sulfonamides is 1. The molecule has 0 aliphatic rings. The second-order valence-corrected chi connectivity index (χ2v) is 9.36. The molecule has 3 aromatic rings. The highest BCUT2D eigenvalue weighted by Crippen LogP contribution is 2.35. The molecule has 0 saturated heterocycles. The SMILES string of the molecule is Cc1onc(-c2ccccc2)c1-c1ccc(S(=O)(=O)N(C(=O)O)C(C)(C)C)cc1. The van der Waals surface area contributed by atoms with Gasteiger partial charge in [0, 0.05) is 5.56 Å². The van der Waals surface area contributed by atoms with Gasteiger partial charge in [-0.1, -0.05) is 47.6 Å². The van der Waals surface area contributed by atoms with Gasteiger partial charge in [0.2, 0.25) is 0 Å². The first kappa shape index (κ1) is 20.6. The zero-order valence-electron chi connectivity index (χ0n) is 16.6. The number of hydrogen-bond acceptors (Lipinski definition) is 5. The van der Waals surface area contributed by atoms with Crippen molar-refractivity contribution in [2.45, 2.75) is 38.1 Å². The summed E-state index contributed by atoms with van der Waals surface area (Å²) in [5, 5.41) is 13.6. The zero-order chi connectivity index (χ0) is 21.4. The molecule has 1 heterocycles. The minimum atomic E-state index is -4.22. The molecule has 0 saturated carbocycles. The molecule has 152 valence electrons. The van der Waals surface area contributed by atoms with Gasteiger partial charge in [0.15, 0.2) is 0 Å². The van der Waals surface area contributed by atoms with Gasteiger partial charge in [-0.05, 0) is 45.4 Å². The van der Waals surface area contributed by atoms with Crippen LogP contribution >= 0.6 is 0 Å². The first-order valence-electron chi connectivity index (χ1n) is 8.94. The van der Waals surface area contributed by atoms with Crippen LogP contribution in [0.4, 0.5) is 4.79 Å². The third-order valence-corrected chi connectivity index (χ3v) is 6.43. The highest BCUT2D eigenvalue weighted by molar-refractivity contribution is 7.89. The van der Waals surface area contributed by atoms with E-state index in [1.54, 1.807) is 19.1 Å². The van der Waals surface area contributed by atoms with Crippen LogP contribution in [0.5, 0.6) is 0 Å². The first-order chi connectivity index (χ1) is 13.5. The lowest BCUT2D eigenvalue weighted by molar-refractivity contribution is 0.146. The van der Waals surface area contributed by atoms with Gasteiger partial charge in [0.1, 0.15) is 11.5 Å². The number of carboxylic acid groups (broad SMARTS) is 1. The Morgan fingerprint density at radius 2 is 1.59 bits per heavy atom. The molecule has 29 heavy (non-hydrogen) atoms. The summed E-state index contributed by atoms with van der Waals surface area (Å²) in [6, 6.07) is 15.6. The molecule has 0 fully saturated rings. The fourth-order valence-electron chi connectivity index (χ4n) is 3.15. The van der Waals surface area contributed by atoms with Crippen LogP contribution in [0.15, 0.2) is 64.0 Å². The van der Waals surface area contributed by atoms with Crippen molar-refractivity contribution in [3.05, 3.63) is 60.4 Å². The predicted octanol–water partition coefficient (Wildman–Crippen LogP) is 4.78. The number of aromatic nitrogens is 1. The normalized spacial score (nSPS) is 12.0. The highest BCUT2D eigenvalue weighted by Gasteiger charge is 2.38. The minimum Gasteiger partial charge on any atom is -0.464 e. The topological polar surface area (TPSA) is 101 Å². The molecule has 1 amide bonds. The molecule has 0 aliphatic carbocycles. The first-order valence-corrected chi connectivity index (χ1v) is 10.4. The Morgan fingerprint density at radius 1 is 1.00 bits per heavy atom. The Labute approximate surface area is 169 Å². The number of nitrogens with zero attached hydrogens (tertiary/aromatic N) is 2. The van der Waals surface area contributed by atoms with Crippen molar-refractivity contribution < 1.29 is 22.8 Å². The summed E-state index contributed by atoms with van der Waals surface area (Å²) >= 11 is 0. The van der Waals surface area contributed by atoms with Crippen LogP contribution in [0, 0.1) is 6.92 Å². The molecule has 2 aromatic carbocycles. The molecule has 0 bridgehead atoms. The Balaban J connectivity index is 2.05. The third-order valence-electron chi connectivity index (χ3n) is 4.37. The molecule has 0 unspecified atom stereocenters. The summed E-state index contributed by atoms with van der Waals surface area (Å²) in [5.41, 5.74) is 1.89. The van der Waals surface area contributed by atoms with E-state index in [0.717, 1.165) is 16.7 Å². The Hall–Kier alpha value is -3.13. The number of rotatable bonds is 4. The van der Waals surface area contributed by atoms with Crippen LogP contribution in [-0.4, -0.2) is 34.6 Å². The number of benzene rings is 2. The summed E-state index contributed by atoms with van der Waals surface area (Å²) in [6.07, 6.45) is -1.53. The van der Waals surface area contributed by atoms with Gasteiger partial charge >= 0.3 is 6.09 Å². The maximum Gasteiger partial charge on any atom is 0.421 e. The maximum atomic E-state index is 12.9. The summed E-state index contributed by atoms with van der Waals surface area (Å²) in [6.45, 7) is 6.37. The molecule has 1 N–H and O–H groups in total. The van der Waals surface area contributed by atoms with Gasteiger partial charge in [0.05, 0.1) is 16.0 Å². The highest BCUT2D eigenvalue weighted by atomic mass is 32.2. The Morgan fingerprint density at radius 3 is 2.10 bits per heavy atom. The fourth-order valence-corrected chi connectivity index (χ4v) is 4.77. The quantitative estimate of drug-likeness (QED) is 0.659. The van der Waals surface area contributed by atoms with E-state index < -0.39 is 21.7 Å². The van der Waals surface area contributed by atoms with Crippen molar-refractivity contribution in [3.63, 3.8) is 0 Å². The monoisotopic (exact) mass is 414 g/mol. The number of aryl methyl sites for hydroxylation is 1. The summed E-state index contributed by atoms with van der Waals surface area (Å²) in [4.78, 5) is 11.5. The molecule has 0 radical (unpaired) electrons. The molecule has 3 rings (SSSR count). The van der Waals surface area contributed by atoms with Crippen LogP contribution < -0.4 is 0 Å². The van der Waals surface area contributed by atoms with Gasteiger partial charge in [-0.15, -0.1) is 0 Å². The molecule has 7 nitrogen and oxygen atoms in total. The van der Waals surface area contributed by atoms with E-state index in [0.29, 0.717) is 15.8 Å². The maximum absolute atomic E-state index is 12.9. The van der Waals surface area contributed by atoms with Crippen molar-refractivity contribution in [3.8, 4) is 22.4 Å². The lowest BCUT2D eigenvalue weighted by Crippen LogP contribution is -2.48. The van der Waals surface area contributed by atoms with Gasteiger partial charge in [-0.3, -0.25) is 0 Å². The van der Waals surface area contributed by atoms with E-state index in [4.69, 9.17) is 4.52 Å². The smallest absolute Gasteiger partial charge is 0.421 e. The zero-order valence-corrected chi connectivity index (χ0v) is 17.4. The standard InChI is InChI=1S/C21H22N2O5S/c1-14-18(19(22-28-14)16-8-6-5-7-9-16)15-10-12-17(13-11-15)29(26,27)23(20(24)25)21(2,3)4/h5-13H,1-4H3,(H,24,25). The summed E-state index contributed by atoms with van der Waals surface area (Å²) in [5.74, 6) is 0.598. The van der Waals surface area contributed by atoms with Crippen LogP contribution in [0.25, 0.3) is 22.4 Å². The Bertz CT molecular complexity index is 1130. The average Bonchev–Trinajstić information content (AvgIpc) is 3.02. The van der Waals surface area contributed by atoms with Crippen LogP contribution in [0.1, 0.15) is 26.5 Å². The van der Waals surface area contributed by atoms with E-state index in [2.05, 4.69) is 5.16 Å². The lowest BCUT2D eigenvalue weighted by Gasteiger charge is -2.31. The van der Waals surface area contributed by atoms with Crippen LogP contribution in [0.3, 0.4) is 0 Å². The molecule has 1 aromatic heterocycles. The summed E-state index contributed by atoms with van der Waals surface area (Å²) in [7, 11) is -4.22. The van der Waals surface area contributed by atoms with E-state index in [-0.39, 0.29) is 4.90 Å². The summed E-state index contributed by atoms with van der Waals surface area (Å²) < 4.78 is 31.6. The molecular formula is C21H22N2O5S. The third kappa shape index (κ3) is 3.88. The molecule has 0 atom stereocenters. The van der Waals surface area contributed by atoms with E-state index in [9.17, 15) is 18.3 Å².